The van der Waals surface area contributed by atoms with Gasteiger partial charge in [0.15, 0.2) is 6.29 Å². The Balaban J connectivity index is 1.09. The van der Waals surface area contributed by atoms with E-state index in [0.29, 0.717) is 32.5 Å². The first-order valence-electron chi connectivity index (χ1n) is 24.9. The molecule has 0 aliphatic carbocycles. The van der Waals surface area contributed by atoms with Gasteiger partial charge < -0.3 is 50.2 Å². The van der Waals surface area contributed by atoms with E-state index in [1.807, 2.05) is 108 Å². The van der Waals surface area contributed by atoms with Crippen LogP contribution in [0.15, 0.2) is 127 Å². The van der Waals surface area contributed by atoms with Crippen molar-refractivity contribution in [2.75, 3.05) is 39.3 Å². The zero-order valence-electron chi connectivity index (χ0n) is 40.5. The Morgan fingerprint density at radius 1 is 0.714 bits per heavy atom. The van der Waals surface area contributed by atoms with E-state index < -0.39 is 54.8 Å². The van der Waals surface area contributed by atoms with E-state index in [0.717, 1.165) is 78.0 Å². The summed E-state index contributed by atoms with van der Waals surface area (Å²) < 4.78 is 22.9. The van der Waals surface area contributed by atoms with Crippen LogP contribution >= 0.6 is 0 Å². The number of nitrogens with zero attached hydrogens (tertiary/aromatic N) is 2. The van der Waals surface area contributed by atoms with E-state index in [4.69, 9.17) is 24.7 Å². The minimum Gasteiger partial charge on any atom is -0.445 e. The number of ether oxygens (including phenoxy) is 4. The van der Waals surface area contributed by atoms with Crippen molar-refractivity contribution in [2.45, 2.75) is 121 Å². The lowest BCUT2D eigenvalue weighted by molar-refractivity contribution is -0.283. The zero-order chi connectivity index (χ0) is 49.5. The summed E-state index contributed by atoms with van der Waals surface area (Å²) in [5, 5.41) is 38.7. The van der Waals surface area contributed by atoms with Gasteiger partial charge in [0.25, 0.3) is 0 Å². The number of carbonyl (C=O) groups excluding carboxylic acids is 3. The number of aliphatic hydroxyl groups excluding tert-OH is 3. The predicted octanol–water partition coefficient (Wildman–Crippen LogP) is 7.98. The fourth-order valence-corrected chi connectivity index (χ4v) is 8.94. The summed E-state index contributed by atoms with van der Waals surface area (Å²) in [6.45, 7) is 4.07. The standard InChI is InChI=1S/C56H72N4O10/c1-2-3-4-18-34-59(37-49(61)51(63)52-50(62)40-67-54(70-52)45-25-12-7-13-26-45)35-19-36-60(56(66)69-39-42-22-10-6-11-23-42)48(53(57)64)32-31-44-30-29-43(46-27-14-15-28-47(44)46)24-16-17-33-58-55(65)68-38-41-20-8-5-9-21-41/h5-15,20-23,25-30,48-52,54,61-63H,2-4,16-19,24,31-40H2,1H3,(H2,57,64)(H,58,65)/t48-,49-,50+,51+,52+,54?/m0/s1. The van der Waals surface area contributed by atoms with Crippen molar-refractivity contribution in [1.82, 2.24) is 15.1 Å². The molecule has 0 bridgehead atoms. The Hall–Kier alpha value is -5.87. The van der Waals surface area contributed by atoms with E-state index in [1.165, 1.54) is 10.5 Å². The van der Waals surface area contributed by atoms with Crippen LogP contribution in [0.5, 0.6) is 0 Å². The number of rotatable bonds is 28. The van der Waals surface area contributed by atoms with Crippen LogP contribution in [0.2, 0.25) is 0 Å². The highest BCUT2D eigenvalue weighted by Gasteiger charge is 2.40. The van der Waals surface area contributed by atoms with Gasteiger partial charge in [0.1, 0.15) is 37.6 Å². The molecule has 0 aromatic heterocycles. The second kappa shape index (κ2) is 28.7. The van der Waals surface area contributed by atoms with Gasteiger partial charge >= 0.3 is 12.2 Å². The van der Waals surface area contributed by atoms with Gasteiger partial charge in [-0.1, -0.05) is 154 Å². The molecule has 376 valence electrons. The lowest BCUT2D eigenvalue weighted by atomic mass is 9.93. The summed E-state index contributed by atoms with van der Waals surface area (Å²) in [6, 6.07) is 39.5. The van der Waals surface area contributed by atoms with Gasteiger partial charge in [-0.05, 0) is 91.1 Å². The van der Waals surface area contributed by atoms with E-state index in [1.54, 1.807) is 0 Å². The number of hydrogen-bond acceptors (Lipinski definition) is 11. The molecule has 1 aliphatic heterocycles. The number of fused-ring (bicyclic) bond motifs is 1. The highest BCUT2D eigenvalue weighted by atomic mass is 16.7. The van der Waals surface area contributed by atoms with Gasteiger partial charge in [-0.3, -0.25) is 9.69 Å². The molecule has 1 saturated heterocycles. The SMILES string of the molecule is CCCCCCN(CCCN(C(=O)OCc1ccccc1)[C@@H](CCc1ccc(CCCCNC(=O)OCc2ccccc2)c2ccccc12)C(N)=O)C[C@H](O)[C@@H](O)[C@@H]1OC(c2ccccc2)OC[C@H]1O. The molecule has 1 fully saturated rings. The molecule has 14 nitrogen and oxygen atoms in total. The molecule has 14 heteroatoms. The van der Waals surface area contributed by atoms with Gasteiger partial charge in [0, 0.05) is 25.2 Å². The number of carbonyl (C=O) groups is 3. The topological polar surface area (TPSA) is 193 Å². The van der Waals surface area contributed by atoms with Crippen LogP contribution in [-0.2, 0) is 49.8 Å². The second-order valence-corrected chi connectivity index (χ2v) is 18.1. The number of alkyl carbamates (subject to hydrolysis) is 1. The Kier molecular flexibility index (Phi) is 21.9. The largest absolute Gasteiger partial charge is 0.445 e. The normalized spacial score (nSPS) is 17.1. The smallest absolute Gasteiger partial charge is 0.410 e. The summed E-state index contributed by atoms with van der Waals surface area (Å²) in [5.41, 5.74) is 10.8. The maximum absolute atomic E-state index is 14.1. The van der Waals surface area contributed by atoms with Crippen LogP contribution in [0.4, 0.5) is 9.59 Å². The molecule has 70 heavy (non-hydrogen) atoms. The van der Waals surface area contributed by atoms with Crippen molar-refractivity contribution < 1.29 is 48.7 Å². The van der Waals surface area contributed by atoms with Crippen LogP contribution < -0.4 is 11.1 Å². The number of benzene rings is 5. The summed E-state index contributed by atoms with van der Waals surface area (Å²) >= 11 is 0. The molecule has 3 amide bonds. The first-order chi connectivity index (χ1) is 34.1. The summed E-state index contributed by atoms with van der Waals surface area (Å²) in [6.07, 6.45) is 0.666. The Morgan fingerprint density at radius 3 is 1.96 bits per heavy atom. The van der Waals surface area contributed by atoms with E-state index in [2.05, 4.69) is 36.5 Å². The number of nitrogens with one attached hydrogen (secondary N) is 1. The van der Waals surface area contributed by atoms with Crippen LogP contribution in [-0.4, -0.2) is 113 Å². The van der Waals surface area contributed by atoms with Crippen molar-refractivity contribution in [3.8, 4) is 0 Å². The van der Waals surface area contributed by atoms with Crippen molar-refractivity contribution in [3.63, 3.8) is 0 Å². The monoisotopic (exact) mass is 961 g/mol. The molecular weight excluding hydrogens is 889 g/mol. The molecule has 0 spiro atoms. The third kappa shape index (κ3) is 16.6. The minimum atomic E-state index is -1.41. The number of unbranched alkanes of at least 4 members (excludes halogenated alkanes) is 4. The van der Waals surface area contributed by atoms with E-state index >= 15 is 0 Å². The third-order valence-electron chi connectivity index (χ3n) is 12.8. The zero-order valence-corrected chi connectivity index (χ0v) is 40.5. The highest BCUT2D eigenvalue weighted by Crippen LogP contribution is 2.30. The molecule has 0 radical (unpaired) electrons. The van der Waals surface area contributed by atoms with Crippen molar-refractivity contribution in [2.24, 2.45) is 5.73 Å². The van der Waals surface area contributed by atoms with Crippen molar-refractivity contribution in [3.05, 3.63) is 155 Å². The quantitative estimate of drug-likeness (QED) is 0.0305. The van der Waals surface area contributed by atoms with Gasteiger partial charge in [-0.2, -0.15) is 0 Å². The number of hydrogen-bond donors (Lipinski definition) is 5. The number of aliphatic hydroxyl groups is 3. The molecule has 6 atom stereocenters. The van der Waals surface area contributed by atoms with Crippen LogP contribution in [0, 0.1) is 0 Å². The first kappa shape index (κ1) is 53.5. The minimum absolute atomic E-state index is 0.0149. The molecule has 5 aromatic carbocycles. The Bertz CT molecular complexity index is 2320. The van der Waals surface area contributed by atoms with Crippen LogP contribution in [0.3, 0.4) is 0 Å². The Morgan fingerprint density at radius 2 is 1.31 bits per heavy atom. The summed E-state index contributed by atoms with van der Waals surface area (Å²) in [7, 11) is 0. The summed E-state index contributed by atoms with van der Waals surface area (Å²) in [5.74, 6) is -0.645. The molecule has 1 heterocycles. The van der Waals surface area contributed by atoms with Gasteiger partial charge in [-0.15, -0.1) is 0 Å². The van der Waals surface area contributed by atoms with Crippen molar-refractivity contribution >= 4 is 28.9 Å². The molecule has 6 N–H and O–H groups in total. The third-order valence-corrected chi connectivity index (χ3v) is 12.8. The fraction of sp³-hybridized carbons (Fsp3) is 0.446. The number of nitrogens with two attached hydrogens (primary N) is 1. The molecule has 0 saturated carbocycles. The lowest BCUT2D eigenvalue weighted by Gasteiger charge is -2.39. The van der Waals surface area contributed by atoms with E-state index in [-0.39, 0.29) is 39.3 Å². The lowest BCUT2D eigenvalue weighted by Crippen LogP contribution is -2.54. The fourth-order valence-electron chi connectivity index (χ4n) is 8.94. The molecular formula is C56H72N4O10. The second-order valence-electron chi connectivity index (χ2n) is 18.1. The predicted molar refractivity (Wildman–Crippen MR) is 269 cm³/mol. The summed E-state index contributed by atoms with van der Waals surface area (Å²) in [4.78, 5) is 43.2. The average Bonchev–Trinajstić information content (AvgIpc) is 3.38. The molecule has 1 aliphatic rings. The number of primary amides is 1. The molecule has 6 rings (SSSR count). The van der Waals surface area contributed by atoms with Crippen LogP contribution in [0.1, 0.15) is 92.4 Å². The molecule has 5 aromatic rings. The number of aryl methyl sites for hydroxylation is 2. The molecule has 1 unspecified atom stereocenters. The highest BCUT2D eigenvalue weighted by molar-refractivity contribution is 5.89. The van der Waals surface area contributed by atoms with Crippen molar-refractivity contribution in [1.29, 1.82) is 0 Å². The van der Waals surface area contributed by atoms with Gasteiger partial charge in [-0.25, -0.2) is 9.59 Å². The number of amides is 3. The average molecular weight is 961 g/mol. The maximum atomic E-state index is 14.1. The van der Waals surface area contributed by atoms with Gasteiger partial charge in [0.05, 0.1) is 12.7 Å². The Labute approximate surface area is 412 Å². The van der Waals surface area contributed by atoms with Gasteiger partial charge in [0.2, 0.25) is 5.91 Å². The maximum Gasteiger partial charge on any atom is 0.410 e. The first-order valence-corrected chi connectivity index (χ1v) is 24.9. The van der Waals surface area contributed by atoms with Crippen LogP contribution in [0.25, 0.3) is 10.8 Å². The van der Waals surface area contributed by atoms with E-state index in [9.17, 15) is 29.7 Å².